The minimum absolute atomic E-state index is 0.254. The van der Waals surface area contributed by atoms with Crippen molar-refractivity contribution < 1.29 is 13.9 Å². The monoisotopic (exact) mass is 279 g/mol. The molecular formula is C14H18FN3O2. The van der Waals surface area contributed by atoms with Crippen LogP contribution < -0.4 is 0 Å². The first-order valence-electron chi connectivity index (χ1n) is 6.61. The molecule has 1 aromatic carbocycles. The normalized spacial score (nSPS) is 11.2. The Balaban J connectivity index is 2.10. The van der Waals surface area contributed by atoms with Crippen molar-refractivity contribution in [3.63, 3.8) is 0 Å². The average Bonchev–Trinajstić information content (AvgIpc) is 2.90. The van der Waals surface area contributed by atoms with Crippen LogP contribution in [0.5, 0.6) is 0 Å². The number of halogens is 1. The number of nitrogens with zero attached hydrogens (tertiary/aromatic N) is 3. The van der Waals surface area contributed by atoms with Crippen molar-refractivity contribution in [1.82, 2.24) is 15.0 Å². The minimum atomic E-state index is -0.528. The van der Waals surface area contributed by atoms with Crippen LogP contribution in [0.25, 0.3) is 0 Å². The number of hydrogen-bond donors (Lipinski definition) is 0. The van der Waals surface area contributed by atoms with E-state index in [0.29, 0.717) is 31.0 Å². The maximum Gasteiger partial charge on any atom is 0.204 e. The molecule has 0 aliphatic heterocycles. The number of hydrogen-bond acceptors (Lipinski definition) is 4. The van der Waals surface area contributed by atoms with E-state index in [4.69, 9.17) is 9.47 Å². The quantitative estimate of drug-likeness (QED) is 0.731. The highest BCUT2D eigenvalue weighted by atomic mass is 19.1. The van der Waals surface area contributed by atoms with Gasteiger partial charge in [0, 0.05) is 18.8 Å². The second-order valence-corrected chi connectivity index (χ2v) is 4.18. The lowest BCUT2D eigenvalue weighted by Crippen LogP contribution is -2.09. The van der Waals surface area contributed by atoms with Crippen LogP contribution in [0.3, 0.4) is 0 Å². The number of rotatable bonds is 7. The molecule has 0 saturated heterocycles. The largest absolute Gasteiger partial charge is 0.347 e. The van der Waals surface area contributed by atoms with E-state index < -0.39 is 6.29 Å². The summed E-state index contributed by atoms with van der Waals surface area (Å²) >= 11 is 0. The molecule has 108 valence electrons. The third-order valence-corrected chi connectivity index (χ3v) is 2.72. The smallest absolute Gasteiger partial charge is 0.204 e. The van der Waals surface area contributed by atoms with Crippen LogP contribution in [0.1, 0.15) is 31.4 Å². The summed E-state index contributed by atoms with van der Waals surface area (Å²) in [6.07, 6.45) is 1.18. The van der Waals surface area contributed by atoms with E-state index in [0.717, 1.165) is 0 Å². The molecule has 0 unspecified atom stereocenters. The van der Waals surface area contributed by atoms with Crippen molar-refractivity contribution in [2.24, 2.45) is 0 Å². The Labute approximate surface area is 117 Å². The summed E-state index contributed by atoms with van der Waals surface area (Å²) in [5.74, 6) is -0.254. The molecule has 0 atom stereocenters. The highest BCUT2D eigenvalue weighted by Crippen LogP contribution is 2.16. The summed E-state index contributed by atoms with van der Waals surface area (Å²) in [5.41, 5.74) is 1.15. The fourth-order valence-corrected chi connectivity index (χ4v) is 1.82. The van der Waals surface area contributed by atoms with Crippen LogP contribution in [0.4, 0.5) is 4.39 Å². The summed E-state index contributed by atoms with van der Waals surface area (Å²) in [7, 11) is 0. The van der Waals surface area contributed by atoms with Gasteiger partial charge in [-0.05, 0) is 19.9 Å². The molecule has 0 saturated carbocycles. The molecule has 1 heterocycles. The van der Waals surface area contributed by atoms with E-state index in [9.17, 15) is 4.39 Å². The Morgan fingerprint density at radius 1 is 1.20 bits per heavy atom. The maximum atomic E-state index is 13.6. The zero-order valence-electron chi connectivity index (χ0n) is 11.6. The second-order valence-electron chi connectivity index (χ2n) is 4.18. The first kappa shape index (κ1) is 14.6. The van der Waals surface area contributed by atoms with Gasteiger partial charge in [-0.3, -0.25) is 0 Å². The molecule has 0 amide bonds. The van der Waals surface area contributed by atoms with Gasteiger partial charge in [0.15, 0.2) is 0 Å². The third-order valence-electron chi connectivity index (χ3n) is 2.72. The molecule has 5 nitrogen and oxygen atoms in total. The maximum absolute atomic E-state index is 13.6. The molecule has 6 heteroatoms. The van der Waals surface area contributed by atoms with Crippen molar-refractivity contribution in [2.75, 3.05) is 13.2 Å². The summed E-state index contributed by atoms with van der Waals surface area (Å²) in [4.78, 5) is 0. The van der Waals surface area contributed by atoms with Crippen molar-refractivity contribution in [3.05, 3.63) is 47.5 Å². The molecular weight excluding hydrogens is 261 g/mol. The van der Waals surface area contributed by atoms with Crippen LogP contribution >= 0.6 is 0 Å². The molecule has 1 aromatic heterocycles. The van der Waals surface area contributed by atoms with E-state index in [1.807, 2.05) is 13.8 Å². The van der Waals surface area contributed by atoms with Crippen LogP contribution in [0.2, 0.25) is 0 Å². The number of aromatic nitrogens is 3. The SMILES string of the molecule is CCOC(OCC)c1cn(Cc2ccccc2F)nn1. The van der Waals surface area contributed by atoms with Crippen molar-refractivity contribution in [2.45, 2.75) is 26.7 Å². The van der Waals surface area contributed by atoms with Crippen LogP contribution in [0.15, 0.2) is 30.5 Å². The summed E-state index contributed by atoms with van der Waals surface area (Å²) in [6, 6.07) is 6.60. The van der Waals surface area contributed by atoms with Gasteiger partial charge in [0.2, 0.25) is 6.29 Å². The Morgan fingerprint density at radius 2 is 1.90 bits per heavy atom. The van der Waals surface area contributed by atoms with Crippen molar-refractivity contribution in [1.29, 1.82) is 0 Å². The molecule has 20 heavy (non-hydrogen) atoms. The summed E-state index contributed by atoms with van der Waals surface area (Å²) < 4.78 is 26.0. The number of benzene rings is 1. The molecule has 0 N–H and O–H groups in total. The van der Waals surface area contributed by atoms with Crippen molar-refractivity contribution >= 4 is 0 Å². The van der Waals surface area contributed by atoms with E-state index in [-0.39, 0.29) is 5.82 Å². The van der Waals surface area contributed by atoms with Gasteiger partial charge in [0.25, 0.3) is 0 Å². The fourth-order valence-electron chi connectivity index (χ4n) is 1.82. The molecule has 0 bridgehead atoms. The van der Waals surface area contributed by atoms with E-state index in [1.165, 1.54) is 6.07 Å². The zero-order chi connectivity index (χ0) is 14.4. The van der Waals surface area contributed by atoms with Gasteiger partial charge in [0.1, 0.15) is 11.5 Å². The Bertz CT molecular complexity index is 539. The van der Waals surface area contributed by atoms with Gasteiger partial charge in [-0.2, -0.15) is 0 Å². The Hall–Kier alpha value is -1.79. The highest BCUT2D eigenvalue weighted by Gasteiger charge is 2.16. The molecule has 0 aliphatic rings. The molecule has 0 fully saturated rings. The van der Waals surface area contributed by atoms with Crippen LogP contribution in [0, 0.1) is 5.82 Å². The van der Waals surface area contributed by atoms with E-state index in [2.05, 4.69) is 10.3 Å². The van der Waals surface area contributed by atoms with Gasteiger partial charge in [-0.1, -0.05) is 23.4 Å². The minimum Gasteiger partial charge on any atom is -0.347 e. The standard InChI is InChI=1S/C14H18FN3O2/c1-3-19-14(20-4-2)13-10-18(17-16-13)9-11-7-5-6-8-12(11)15/h5-8,10,14H,3-4,9H2,1-2H3. The lowest BCUT2D eigenvalue weighted by atomic mass is 10.2. The second kappa shape index (κ2) is 7.12. The lowest BCUT2D eigenvalue weighted by Gasteiger charge is -2.13. The first-order chi connectivity index (χ1) is 9.74. The predicted octanol–water partition coefficient (Wildman–Crippen LogP) is 2.54. The molecule has 0 aliphatic carbocycles. The average molecular weight is 279 g/mol. The summed E-state index contributed by atoms with van der Waals surface area (Å²) in [6.45, 7) is 5.13. The van der Waals surface area contributed by atoms with E-state index >= 15 is 0 Å². The predicted molar refractivity (Wildman–Crippen MR) is 71.5 cm³/mol. The first-order valence-corrected chi connectivity index (χ1v) is 6.61. The van der Waals surface area contributed by atoms with Gasteiger partial charge in [0.05, 0.1) is 12.7 Å². The third kappa shape index (κ3) is 3.61. The molecule has 2 aromatic rings. The van der Waals surface area contributed by atoms with Gasteiger partial charge in [-0.25, -0.2) is 9.07 Å². The Morgan fingerprint density at radius 3 is 2.55 bits per heavy atom. The van der Waals surface area contributed by atoms with Crippen LogP contribution in [-0.4, -0.2) is 28.2 Å². The van der Waals surface area contributed by atoms with Crippen LogP contribution in [-0.2, 0) is 16.0 Å². The number of ether oxygens (including phenoxy) is 2. The topological polar surface area (TPSA) is 49.2 Å². The molecule has 0 radical (unpaired) electrons. The fraction of sp³-hybridized carbons (Fsp3) is 0.429. The highest BCUT2D eigenvalue weighted by molar-refractivity contribution is 5.17. The van der Waals surface area contributed by atoms with Crippen molar-refractivity contribution in [3.8, 4) is 0 Å². The van der Waals surface area contributed by atoms with Gasteiger partial charge in [-0.15, -0.1) is 5.10 Å². The zero-order valence-corrected chi connectivity index (χ0v) is 11.6. The van der Waals surface area contributed by atoms with Gasteiger partial charge >= 0.3 is 0 Å². The van der Waals surface area contributed by atoms with E-state index in [1.54, 1.807) is 29.1 Å². The lowest BCUT2D eigenvalue weighted by molar-refractivity contribution is -0.142. The van der Waals surface area contributed by atoms with Gasteiger partial charge < -0.3 is 9.47 Å². The summed E-state index contributed by atoms with van der Waals surface area (Å²) in [5, 5.41) is 8.00. The Kier molecular flexibility index (Phi) is 5.20. The molecule has 2 rings (SSSR count). The molecule has 0 spiro atoms.